The zero-order valence-corrected chi connectivity index (χ0v) is 15.2. The predicted molar refractivity (Wildman–Crippen MR) is 94.3 cm³/mol. The third-order valence-electron chi connectivity index (χ3n) is 3.65. The molecule has 0 bridgehead atoms. The van der Waals surface area contributed by atoms with Crippen LogP contribution >= 0.6 is 11.3 Å². The monoisotopic (exact) mass is 349 g/mol. The van der Waals surface area contributed by atoms with E-state index in [0.29, 0.717) is 23.6 Å². The van der Waals surface area contributed by atoms with Gasteiger partial charge in [-0.2, -0.15) is 0 Å². The van der Waals surface area contributed by atoms with Gasteiger partial charge < -0.3 is 9.84 Å². The molecule has 2 aromatic rings. The van der Waals surface area contributed by atoms with Crippen molar-refractivity contribution in [3.05, 3.63) is 33.6 Å². The number of aryl methyl sites for hydroxylation is 1. The molecule has 2 aromatic heterocycles. The summed E-state index contributed by atoms with van der Waals surface area (Å²) in [5.41, 5.74) is 1.63. The molecule has 130 valence electrons. The molecule has 0 saturated heterocycles. The Labute approximate surface area is 145 Å². The number of thiophene rings is 1. The Morgan fingerprint density at radius 3 is 2.71 bits per heavy atom. The number of amides is 2. The first-order chi connectivity index (χ1) is 11.4. The topological polar surface area (TPSA) is 84.2 Å². The van der Waals surface area contributed by atoms with Gasteiger partial charge in [0, 0.05) is 5.56 Å². The lowest BCUT2D eigenvalue weighted by molar-refractivity contribution is -0.118. The van der Waals surface area contributed by atoms with Crippen molar-refractivity contribution >= 4 is 29.0 Å². The van der Waals surface area contributed by atoms with Crippen LogP contribution in [0.25, 0.3) is 0 Å². The van der Waals surface area contributed by atoms with Crippen molar-refractivity contribution < 1.29 is 14.1 Å². The van der Waals surface area contributed by atoms with Gasteiger partial charge in [0.05, 0.1) is 10.6 Å². The number of hydrogen-bond acceptors (Lipinski definition) is 5. The third-order valence-corrected chi connectivity index (χ3v) is 4.52. The minimum absolute atomic E-state index is 0.240. The summed E-state index contributed by atoms with van der Waals surface area (Å²) in [4.78, 5) is 25.5. The van der Waals surface area contributed by atoms with Crippen LogP contribution in [0.4, 0.5) is 5.88 Å². The molecule has 0 aromatic carbocycles. The second kappa shape index (κ2) is 8.10. The van der Waals surface area contributed by atoms with Crippen molar-refractivity contribution in [1.29, 1.82) is 0 Å². The molecule has 2 N–H and O–H groups in total. The highest BCUT2D eigenvalue weighted by Gasteiger charge is 2.25. The van der Waals surface area contributed by atoms with E-state index in [2.05, 4.69) is 15.8 Å². The quantitative estimate of drug-likeness (QED) is 0.802. The Hall–Kier alpha value is -2.15. The average molecular weight is 349 g/mol. The third kappa shape index (κ3) is 4.44. The summed E-state index contributed by atoms with van der Waals surface area (Å²) in [7, 11) is 0. The minimum atomic E-state index is -0.630. The van der Waals surface area contributed by atoms with Crippen molar-refractivity contribution in [2.24, 2.45) is 5.92 Å². The number of nitrogens with zero attached hydrogens (tertiary/aromatic N) is 1. The second-order valence-corrected chi connectivity index (χ2v) is 7.00. The lowest BCUT2D eigenvalue weighted by Gasteiger charge is -2.19. The van der Waals surface area contributed by atoms with Gasteiger partial charge in [0.2, 0.25) is 11.8 Å². The van der Waals surface area contributed by atoms with E-state index < -0.39 is 6.04 Å². The van der Waals surface area contributed by atoms with E-state index in [4.69, 9.17) is 4.52 Å². The van der Waals surface area contributed by atoms with Crippen LogP contribution < -0.4 is 10.6 Å². The van der Waals surface area contributed by atoms with Crippen molar-refractivity contribution in [2.45, 2.75) is 46.6 Å². The van der Waals surface area contributed by atoms with Crippen LogP contribution in [0.1, 0.15) is 48.1 Å². The van der Waals surface area contributed by atoms with Gasteiger partial charge >= 0.3 is 0 Å². The molecule has 6 nitrogen and oxygen atoms in total. The van der Waals surface area contributed by atoms with E-state index in [9.17, 15) is 9.59 Å². The lowest BCUT2D eigenvalue weighted by atomic mass is 10.0. The molecule has 1 atom stereocenters. The van der Waals surface area contributed by atoms with Gasteiger partial charge in [0.15, 0.2) is 0 Å². The van der Waals surface area contributed by atoms with Crippen LogP contribution in [0.15, 0.2) is 22.0 Å². The molecule has 0 spiro atoms. The maximum Gasteiger partial charge on any atom is 0.261 e. The Morgan fingerprint density at radius 1 is 1.38 bits per heavy atom. The summed E-state index contributed by atoms with van der Waals surface area (Å²) in [6.45, 7) is 7.82. The molecule has 0 aliphatic carbocycles. The molecule has 2 heterocycles. The molecular weight excluding hydrogens is 326 g/mol. The standard InChI is InChI=1S/C17H23N3O3S/c1-5-12-11(4)20-23-17(12)19-15(21)13(9-10(2)3)18-16(22)14-7-6-8-24-14/h6-8,10,13H,5,9H2,1-4H3,(H,18,22)(H,19,21). The van der Waals surface area contributed by atoms with Crippen molar-refractivity contribution in [1.82, 2.24) is 10.5 Å². The van der Waals surface area contributed by atoms with E-state index in [0.717, 1.165) is 11.3 Å². The van der Waals surface area contributed by atoms with E-state index in [-0.39, 0.29) is 17.7 Å². The van der Waals surface area contributed by atoms with Crippen LogP contribution in [0.5, 0.6) is 0 Å². The smallest absolute Gasteiger partial charge is 0.261 e. The van der Waals surface area contributed by atoms with Crippen LogP contribution in [0.2, 0.25) is 0 Å². The van der Waals surface area contributed by atoms with Crippen LogP contribution in [0, 0.1) is 12.8 Å². The summed E-state index contributed by atoms with van der Waals surface area (Å²) in [5.74, 6) is 0.0837. The van der Waals surface area contributed by atoms with Crippen LogP contribution in [-0.4, -0.2) is 23.0 Å². The first kappa shape index (κ1) is 18.2. The maximum atomic E-state index is 12.6. The number of anilines is 1. The molecule has 7 heteroatoms. The van der Waals surface area contributed by atoms with E-state index in [1.807, 2.05) is 39.1 Å². The Balaban J connectivity index is 2.11. The predicted octanol–water partition coefficient (Wildman–Crippen LogP) is 3.39. The normalized spacial score (nSPS) is 12.2. The fourth-order valence-electron chi connectivity index (χ4n) is 2.44. The van der Waals surface area contributed by atoms with Crippen molar-refractivity contribution in [3.8, 4) is 0 Å². The van der Waals surface area contributed by atoms with E-state index in [1.54, 1.807) is 6.07 Å². The number of rotatable bonds is 7. The molecule has 0 saturated carbocycles. The average Bonchev–Trinajstić information content (AvgIpc) is 3.16. The Morgan fingerprint density at radius 2 is 2.12 bits per heavy atom. The number of nitrogens with one attached hydrogen (secondary N) is 2. The fourth-order valence-corrected chi connectivity index (χ4v) is 3.07. The molecular formula is C17H23N3O3S. The largest absolute Gasteiger partial charge is 0.340 e. The SMILES string of the molecule is CCc1c(C)noc1NC(=O)C(CC(C)C)NC(=O)c1cccs1. The molecule has 0 aliphatic rings. The van der Waals surface area contributed by atoms with Crippen LogP contribution in [0.3, 0.4) is 0 Å². The van der Waals surface area contributed by atoms with Gasteiger partial charge in [-0.1, -0.05) is 32.0 Å². The zero-order valence-electron chi connectivity index (χ0n) is 14.4. The fraction of sp³-hybridized carbons (Fsp3) is 0.471. The minimum Gasteiger partial charge on any atom is -0.340 e. The Kier molecular flexibility index (Phi) is 6.14. The molecule has 0 aliphatic heterocycles. The van der Waals surface area contributed by atoms with E-state index in [1.165, 1.54) is 11.3 Å². The van der Waals surface area contributed by atoms with Gasteiger partial charge in [-0.15, -0.1) is 11.3 Å². The summed E-state index contributed by atoms with van der Waals surface area (Å²) in [6.07, 6.45) is 1.25. The van der Waals surface area contributed by atoms with Crippen molar-refractivity contribution in [2.75, 3.05) is 5.32 Å². The summed E-state index contributed by atoms with van der Waals surface area (Å²) < 4.78 is 5.20. The molecule has 0 fully saturated rings. The van der Waals surface area contributed by atoms with Gasteiger partial charge in [0.25, 0.3) is 5.91 Å². The number of carbonyl (C=O) groups is 2. The highest BCUT2D eigenvalue weighted by molar-refractivity contribution is 7.12. The van der Waals surface area contributed by atoms with E-state index >= 15 is 0 Å². The molecule has 2 amide bonds. The highest BCUT2D eigenvalue weighted by Crippen LogP contribution is 2.20. The van der Waals surface area contributed by atoms with Gasteiger partial charge in [-0.25, -0.2) is 0 Å². The summed E-state index contributed by atoms with van der Waals surface area (Å²) >= 11 is 1.34. The number of aromatic nitrogens is 1. The second-order valence-electron chi connectivity index (χ2n) is 6.05. The van der Waals surface area contributed by atoms with Crippen LogP contribution in [-0.2, 0) is 11.2 Å². The summed E-state index contributed by atoms with van der Waals surface area (Å²) in [6, 6.07) is 2.91. The molecule has 0 radical (unpaired) electrons. The highest BCUT2D eigenvalue weighted by atomic mass is 32.1. The van der Waals surface area contributed by atoms with Gasteiger partial charge in [0.1, 0.15) is 6.04 Å². The number of hydrogen-bond donors (Lipinski definition) is 2. The van der Waals surface area contributed by atoms with Gasteiger partial charge in [-0.05, 0) is 37.1 Å². The molecule has 1 unspecified atom stereocenters. The van der Waals surface area contributed by atoms with Gasteiger partial charge in [-0.3, -0.25) is 14.9 Å². The zero-order chi connectivity index (χ0) is 17.7. The summed E-state index contributed by atoms with van der Waals surface area (Å²) in [5, 5.41) is 11.3. The number of carbonyl (C=O) groups excluding carboxylic acids is 2. The Bertz CT molecular complexity index is 692. The molecule has 24 heavy (non-hydrogen) atoms. The first-order valence-corrected chi connectivity index (χ1v) is 8.90. The first-order valence-electron chi connectivity index (χ1n) is 8.02. The molecule has 2 rings (SSSR count). The lowest BCUT2D eigenvalue weighted by Crippen LogP contribution is -2.44. The maximum absolute atomic E-state index is 12.6. The van der Waals surface area contributed by atoms with Crippen molar-refractivity contribution in [3.63, 3.8) is 0 Å².